The van der Waals surface area contributed by atoms with Crippen LogP contribution in [0.3, 0.4) is 0 Å². The van der Waals surface area contributed by atoms with Crippen molar-refractivity contribution in [3.05, 3.63) is 53.7 Å². The van der Waals surface area contributed by atoms with Crippen LogP contribution in [0.1, 0.15) is 30.8 Å². The number of ether oxygens (including phenoxy) is 3. The van der Waals surface area contributed by atoms with E-state index < -0.39 is 6.23 Å². The zero-order chi connectivity index (χ0) is 21.3. The van der Waals surface area contributed by atoms with E-state index in [1.54, 1.807) is 7.11 Å². The second kappa shape index (κ2) is 8.28. The van der Waals surface area contributed by atoms with Crippen LogP contribution in [0.5, 0.6) is 11.5 Å². The fraction of sp³-hybridized carbons (Fsp3) is 0.348. The lowest BCUT2D eigenvalue weighted by molar-refractivity contribution is 0.193. The van der Waals surface area contributed by atoms with Crippen molar-refractivity contribution in [3.63, 3.8) is 0 Å². The highest BCUT2D eigenvalue weighted by Gasteiger charge is 2.32. The maximum atomic E-state index is 6.35. The molecule has 0 bridgehead atoms. The molecule has 0 spiro atoms. The number of H-pyrrole nitrogens is 1. The molecule has 0 saturated carbocycles. The lowest BCUT2D eigenvalue weighted by Gasteiger charge is -2.37. The molecule has 1 unspecified atom stereocenters. The molecule has 0 radical (unpaired) electrons. The van der Waals surface area contributed by atoms with Gasteiger partial charge in [0.05, 0.1) is 19.4 Å². The summed E-state index contributed by atoms with van der Waals surface area (Å²) in [5, 5.41) is 5.00. The van der Waals surface area contributed by atoms with Gasteiger partial charge in [-0.15, -0.1) is 0 Å². The quantitative estimate of drug-likeness (QED) is 0.644. The Morgan fingerprint density at radius 1 is 1.10 bits per heavy atom. The average molecular weight is 409 g/mol. The molecular formula is C23H28N4O3. The third kappa shape index (κ3) is 3.80. The monoisotopic (exact) mass is 408 g/mol. The number of aryl methyl sites for hydroxylation is 1. The van der Waals surface area contributed by atoms with Crippen molar-refractivity contribution < 1.29 is 14.2 Å². The molecule has 4 rings (SSSR count). The fourth-order valence-electron chi connectivity index (χ4n) is 3.60. The normalized spacial score (nSPS) is 15.9. The van der Waals surface area contributed by atoms with Gasteiger partial charge in [-0.25, -0.2) is 10.0 Å². The zero-order valence-corrected chi connectivity index (χ0v) is 18.1. The molecular weight excluding hydrogens is 380 g/mol. The molecule has 2 aromatic carbocycles. The first-order valence-corrected chi connectivity index (χ1v) is 10.1. The molecule has 158 valence electrons. The van der Waals surface area contributed by atoms with E-state index >= 15 is 0 Å². The van der Waals surface area contributed by atoms with Gasteiger partial charge in [0.25, 0.3) is 0 Å². The molecule has 3 aromatic rings. The average Bonchev–Trinajstić information content (AvgIpc) is 3.10. The Balaban J connectivity index is 1.75. The highest BCUT2D eigenvalue weighted by atomic mass is 16.5. The summed E-state index contributed by atoms with van der Waals surface area (Å²) in [5.74, 6) is 1.50. The number of aromatic nitrogens is 1. The van der Waals surface area contributed by atoms with Gasteiger partial charge in [-0.3, -0.25) is 0 Å². The predicted molar refractivity (Wildman–Crippen MR) is 119 cm³/mol. The Morgan fingerprint density at radius 3 is 2.63 bits per heavy atom. The number of hydrogen-bond donors (Lipinski definition) is 1. The standard InChI is InChI=1S/C23H28N4O3/c1-6-11-29-23-25-22(30-18-7-9-20-16(13-18)12-15(2)24-20)19-14-17(28-5)8-10-21(19)27(23)26(3)4/h7-10,12-14,22,24H,6,11H2,1-5H3. The van der Waals surface area contributed by atoms with Gasteiger partial charge in [-0.05, 0) is 55.8 Å². The summed E-state index contributed by atoms with van der Waals surface area (Å²) in [6.45, 7) is 4.70. The van der Waals surface area contributed by atoms with Crippen LogP contribution < -0.4 is 14.5 Å². The minimum Gasteiger partial charge on any atom is -0.497 e. The number of nitrogens with zero attached hydrogens (tertiary/aromatic N) is 3. The van der Waals surface area contributed by atoms with Gasteiger partial charge in [0.15, 0.2) is 0 Å². The minimum atomic E-state index is -0.546. The molecule has 1 aliphatic heterocycles. The number of anilines is 1. The Hall–Kier alpha value is -3.19. The van der Waals surface area contributed by atoms with Crippen LogP contribution in [0.25, 0.3) is 10.9 Å². The van der Waals surface area contributed by atoms with Crippen LogP contribution in [0.2, 0.25) is 0 Å². The number of rotatable bonds is 6. The molecule has 30 heavy (non-hydrogen) atoms. The highest BCUT2D eigenvalue weighted by Crippen LogP contribution is 2.38. The maximum Gasteiger partial charge on any atom is 0.311 e. The van der Waals surface area contributed by atoms with E-state index in [-0.39, 0.29) is 0 Å². The smallest absolute Gasteiger partial charge is 0.311 e. The van der Waals surface area contributed by atoms with Gasteiger partial charge in [0, 0.05) is 36.3 Å². The van der Waals surface area contributed by atoms with Gasteiger partial charge in [0.1, 0.15) is 11.5 Å². The van der Waals surface area contributed by atoms with Crippen LogP contribution in [0.4, 0.5) is 5.69 Å². The summed E-state index contributed by atoms with van der Waals surface area (Å²) in [7, 11) is 5.58. The highest BCUT2D eigenvalue weighted by molar-refractivity contribution is 5.94. The summed E-state index contributed by atoms with van der Waals surface area (Å²) in [4.78, 5) is 8.15. The topological polar surface area (TPSA) is 62.3 Å². The van der Waals surface area contributed by atoms with E-state index in [1.165, 1.54) is 0 Å². The van der Waals surface area contributed by atoms with Crippen molar-refractivity contribution in [2.24, 2.45) is 4.99 Å². The number of nitrogens with one attached hydrogen (secondary N) is 1. The van der Waals surface area contributed by atoms with Gasteiger partial charge >= 0.3 is 6.02 Å². The third-order valence-electron chi connectivity index (χ3n) is 4.95. The molecule has 0 aliphatic carbocycles. The molecule has 0 saturated heterocycles. The Morgan fingerprint density at radius 2 is 1.90 bits per heavy atom. The summed E-state index contributed by atoms with van der Waals surface area (Å²) < 4.78 is 17.8. The molecule has 0 amide bonds. The lowest BCUT2D eigenvalue weighted by atomic mass is 10.1. The van der Waals surface area contributed by atoms with Gasteiger partial charge in [-0.2, -0.15) is 4.99 Å². The van der Waals surface area contributed by atoms with Gasteiger partial charge in [0.2, 0.25) is 6.23 Å². The van der Waals surface area contributed by atoms with E-state index in [9.17, 15) is 0 Å². The van der Waals surface area contributed by atoms with Crippen molar-refractivity contribution in [2.45, 2.75) is 26.5 Å². The largest absolute Gasteiger partial charge is 0.497 e. The lowest BCUT2D eigenvalue weighted by Crippen LogP contribution is -2.46. The molecule has 1 N–H and O–H groups in total. The van der Waals surface area contributed by atoms with Crippen LogP contribution in [-0.4, -0.2) is 43.8 Å². The van der Waals surface area contributed by atoms with Crippen molar-refractivity contribution in [1.82, 2.24) is 9.99 Å². The fourth-order valence-corrected chi connectivity index (χ4v) is 3.60. The molecule has 1 atom stereocenters. The number of methoxy groups -OCH3 is 1. The van der Waals surface area contributed by atoms with Crippen molar-refractivity contribution in [3.8, 4) is 11.5 Å². The molecule has 2 heterocycles. The second-order valence-electron chi connectivity index (χ2n) is 7.52. The Kier molecular flexibility index (Phi) is 5.55. The summed E-state index contributed by atoms with van der Waals surface area (Å²) in [6.07, 6.45) is 0.348. The second-order valence-corrected chi connectivity index (χ2v) is 7.52. The van der Waals surface area contributed by atoms with Crippen LogP contribution in [-0.2, 0) is 4.74 Å². The van der Waals surface area contributed by atoms with E-state index in [4.69, 9.17) is 19.2 Å². The predicted octanol–water partition coefficient (Wildman–Crippen LogP) is 4.64. The van der Waals surface area contributed by atoms with E-state index in [2.05, 4.69) is 18.0 Å². The van der Waals surface area contributed by atoms with E-state index in [1.807, 2.05) is 67.4 Å². The number of hydrazine groups is 1. The zero-order valence-electron chi connectivity index (χ0n) is 18.1. The SMILES string of the molecule is CCCOC1=NC(Oc2ccc3[nH]c(C)cc3c2)c2cc(OC)ccc2N1N(C)C. The number of hydrogen-bond acceptors (Lipinski definition) is 6. The third-order valence-corrected chi connectivity index (χ3v) is 4.95. The number of fused-ring (bicyclic) bond motifs is 2. The molecule has 0 fully saturated rings. The van der Waals surface area contributed by atoms with Gasteiger partial charge in [-0.1, -0.05) is 6.92 Å². The Labute approximate surface area is 176 Å². The molecule has 7 nitrogen and oxygen atoms in total. The summed E-state index contributed by atoms with van der Waals surface area (Å²) in [6, 6.07) is 14.5. The number of amidine groups is 1. The molecule has 1 aliphatic rings. The van der Waals surface area contributed by atoms with Crippen LogP contribution in [0, 0.1) is 6.92 Å². The van der Waals surface area contributed by atoms with Crippen LogP contribution >= 0.6 is 0 Å². The Bertz CT molecular complexity index is 1070. The van der Waals surface area contributed by atoms with Crippen molar-refractivity contribution in [1.29, 1.82) is 0 Å². The van der Waals surface area contributed by atoms with E-state index in [0.717, 1.165) is 45.8 Å². The summed E-state index contributed by atoms with van der Waals surface area (Å²) >= 11 is 0. The summed E-state index contributed by atoms with van der Waals surface area (Å²) in [5.41, 5.74) is 4.06. The molecule has 7 heteroatoms. The van der Waals surface area contributed by atoms with Gasteiger partial charge < -0.3 is 19.2 Å². The minimum absolute atomic E-state index is 0.517. The van der Waals surface area contributed by atoms with E-state index in [0.29, 0.717) is 12.6 Å². The van der Waals surface area contributed by atoms with Crippen molar-refractivity contribution in [2.75, 3.05) is 32.8 Å². The molecule has 1 aromatic heterocycles. The van der Waals surface area contributed by atoms with Crippen LogP contribution in [0.15, 0.2) is 47.5 Å². The number of benzene rings is 2. The van der Waals surface area contributed by atoms with Crippen molar-refractivity contribution >= 4 is 22.6 Å². The first kappa shape index (κ1) is 20.1. The first-order chi connectivity index (χ1) is 14.5. The number of aromatic amines is 1. The first-order valence-electron chi connectivity index (χ1n) is 10.1. The number of aliphatic imine (C=N–C) groups is 1. The maximum absolute atomic E-state index is 6.35.